The number of thiophene rings is 1. The van der Waals surface area contributed by atoms with Crippen molar-refractivity contribution in [3.63, 3.8) is 0 Å². The van der Waals surface area contributed by atoms with Crippen molar-refractivity contribution in [2.75, 3.05) is 0 Å². The maximum Gasteiger partial charge on any atom is 0.358 e. The summed E-state index contributed by atoms with van der Waals surface area (Å²) in [5.41, 5.74) is -0.670. The van der Waals surface area contributed by atoms with Gasteiger partial charge in [-0.05, 0) is 25.3 Å². The summed E-state index contributed by atoms with van der Waals surface area (Å²) in [5.74, 6) is -1.43. The number of carboxylic acid groups (broad SMARTS) is 1. The lowest BCUT2D eigenvalue weighted by atomic mass is 10.0. The minimum absolute atomic E-state index is 0.0743. The molecule has 1 amide bonds. The summed E-state index contributed by atoms with van der Waals surface area (Å²) in [7, 11) is 0. The molecule has 0 atom stereocenters. The number of hydrogen-bond acceptors (Lipinski definition) is 5. The molecular weight excluding hydrogens is 280 g/mol. The van der Waals surface area contributed by atoms with Crippen molar-refractivity contribution in [3.8, 4) is 0 Å². The molecule has 0 saturated carbocycles. The lowest BCUT2D eigenvalue weighted by molar-refractivity contribution is -0.123. The second-order valence-corrected chi connectivity index (χ2v) is 5.70. The van der Waals surface area contributed by atoms with Gasteiger partial charge in [-0.2, -0.15) is 0 Å². The number of aromatic nitrogens is 3. The van der Waals surface area contributed by atoms with Gasteiger partial charge in [-0.25, -0.2) is 9.48 Å². The van der Waals surface area contributed by atoms with Crippen molar-refractivity contribution >= 4 is 23.2 Å². The van der Waals surface area contributed by atoms with Gasteiger partial charge < -0.3 is 10.4 Å². The number of amides is 1. The Hall–Kier alpha value is -2.22. The monoisotopic (exact) mass is 294 g/mol. The second kappa shape index (κ2) is 5.41. The lowest BCUT2D eigenvalue weighted by Crippen LogP contribution is -2.42. The largest absolute Gasteiger partial charge is 0.476 e. The number of hydrogen-bond donors (Lipinski definition) is 2. The molecule has 2 aromatic rings. The number of aromatic carboxylic acids is 1. The van der Waals surface area contributed by atoms with Crippen molar-refractivity contribution < 1.29 is 14.7 Å². The van der Waals surface area contributed by atoms with Gasteiger partial charge in [-0.15, -0.1) is 16.4 Å². The van der Waals surface area contributed by atoms with Gasteiger partial charge in [0.25, 0.3) is 0 Å². The summed E-state index contributed by atoms with van der Waals surface area (Å²) in [6.07, 6.45) is 1.22. The van der Waals surface area contributed by atoms with Crippen molar-refractivity contribution in [1.29, 1.82) is 0 Å². The third kappa shape index (κ3) is 3.21. The van der Waals surface area contributed by atoms with Crippen molar-refractivity contribution in [3.05, 3.63) is 34.3 Å². The van der Waals surface area contributed by atoms with Gasteiger partial charge in [0.05, 0.1) is 11.7 Å². The smallest absolute Gasteiger partial charge is 0.358 e. The highest BCUT2D eigenvalue weighted by Gasteiger charge is 2.24. The van der Waals surface area contributed by atoms with E-state index in [1.165, 1.54) is 10.9 Å². The number of nitrogens with zero attached hydrogens (tertiary/aromatic N) is 3. The second-order valence-electron chi connectivity index (χ2n) is 4.76. The van der Waals surface area contributed by atoms with Crippen molar-refractivity contribution in [2.24, 2.45) is 0 Å². The minimum Gasteiger partial charge on any atom is -0.476 e. The zero-order chi connectivity index (χ0) is 14.8. The van der Waals surface area contributed by atoms with E-state index in [2.05, 4.69) is 15.6 Å². The van der Waals surface area contributed by atoms with Crippen LogP contribution >= 0.6 is 11.3 Å². The molecule has 0 aliphatic carbocycles. The first kappa shape index (κ1) is 14.2. The van der Waals surface area contributed by atoms with Crippen molar-refractivity contribution in [2.45, 2.75) is 25.9 Å². The Balaban J connectivity index is 2.00. The molecule has 0 saturated heterocycles. The van der Waals surface area contributed by atoms with E-state index in [-0.39, 0.29) is 18.1 Å². The zero-order valence-corrected chi connectivity index (χ0v) is 11.8. The van der Waals surface area contributed by atoms with E-state index in [0.717, 1.165) is 4.88 Å². The van der Waals surface area contributed by atoms with Crippen LogP contribution in [0.1, 0.15) is 29.2 Å². The molecule has 0 fully saturated rings. The van der Waals surface area contributed by atoms with Crippen LogP contribution in [0.15, 0.2) is 23.7 Å². The summed E-state index contributed by atoms with van der Waals surface area (Å²) in [6, 6.07) is 3.87. The zero-order valence-electron chi connectivity index (χ0n) is 11.0. The maximum absolute atomic E-state index is 12.0. The summed E-state index contributed by atoms with van der Waals surface area (Å²) < 4.78 is 1.20. The highest BCUT2D eigenvalue weighted by atomic mass is 32.1. The molecular formula is C12H14N4O3S. The highest BCUT2D eigenvalue weighted by molar-refractivity contribution is 7.10. The third-order valence-electron chi connectivity index (χ3n) is 2.65. The molecule has 20 heavy (non-hydrogen) atoms. The number of carbonyl (C=O) groups is 2. The van der Waals surface area contributed by atoms with Crippen LogP contribution in [0.3, 0.4) is 0 Å². The number of carboxylic acids is 1. The van der Waals surface area contributed by atoms with E-state index in [0.29, 0.717) is 0 Å². The van der Waals surface area contributed by atoms with Gasteiger partial charge in [-0.1, -0.05) is 11.3 Å². The van der Waals surface area contributed by atoms with E-state index in [1.54, 1.807) is 11.3 Å². The fourth-order valence-electron chi connectivity index (χ4n) is 1.70. The Morgan fingerprint density at radius 2 is 2.25 bits per heavy atom. The average molecular weight is 294 g/mol. The summed E-state index contributed by atoms with van der Waals surface area (Å²) >= 11 is 1.56. The molecule has 0 spiro atoms. The lowest BCUT2D eigenvalue weighted by Gasteiger charge is -2.24. The van der Waals surface area contributed by atoms with E-state index >= 15 is 0 Å². The third-order valence-corrected chi connectivity index (χ3v) is 3.85. The molecule has 2 heterocycles. The molecule has 2 aromatic heterocycles. The topological polar surface area (TPSA) is 97.1 Å². The average Bonchev–Trinajstić information content (AvgIpc) is 2.97. The first-order chi connectivity index (χ1) is 9.38. The molecule has 0 aliphatic rings. The normalized spacial score (nSPS) is 11.3. The molecule has 106 valence electrons. The van der Waals surface area contributed by atoms with Gasteiger partial charge in [0, 0.05) is 4.88 Å². The quantitative estimate of drug-likeness (QED) is 0.860. The fourth-order valence-corrected chi connectivity index (χ4v) is 2.51. The molecule has 2 rings (SSSR count). The van der Waals surface area contributed by atoms with Crippen LogP contribution in [0.4, 0.5) is 0 Å². The predicted molar refractivity (Wildman–Crippen MR) is 72.5 cm³/mol. The number of rotatable bonds is 5. The van der Waals surface area contributed by atoms with Gasteiger partial charge in [0.15, 0.2) is 5.69 Å². The Labute approximate surface area is 119 Å². The molecule has 0 unspecified atom stereocenters. The first-order valence-corrected chi connectivity index (χ1v) is 6.75. The van der Waals surface area contributed by atoms with Crippen LogP contribution in [0.5, 0.6) is 0 Å². The maximum atomic E-state index is 12.0. The molecule has 8 heteroatoms. The van der Waals surface area contributed by atoms with E-state index in [9.17, 15) is 9.59 Å². The molecule has 0 aliphatic heterocycles. The van der Waals surface area contributed by atoms with E-state index in [4.69, 9.17) is 5.11 Å². The Bertz CT molecular complexity index is 618. The SMILES string of the molecule is CC(C)(NC(=O)Cn1cc(C(=O)O)nn1)c1cccs1. The van der Waals surface area contributed by atoms with E-state index < -0.39 is 11.5 Å². The van der Waals surface area contributed by atoms with Gasteiger partial charge in [-0.3, -0.25) is 4.79 Å². The number of carbonyl (C=O) groups excluding carboxylic acids is 1. The fraction of sp³-hybridized carbons (Fsp3) is 0.333. The number of nitrogens with one attached hydrogen (secondary N) is 1. The first-order valence-electron chi connectivity index (χ1n) is 5.87. The standard InChI is InChI=1S/C12H14N4O3S/c1-12(2,9-4-3-5-20-9)13-10(17)7-16-6-8(11(18)19)14-15-16/h3-6H,7H2,1-2H3,(H,13,17)(H,18,19). The van der Waals surface area contributed by atoms with Gasteiger partial charge in [0.1, 0.15) is 6.54 Å². The Morgan fingerprint density at radius 1 is 1.50 bits per heavy atom. The predicted octanol–water partition coefficient (Wildman–Crippen LogP) is 1.09. The Morgan fingerprint density at radius 3 is 2.80 bits per heavy atom. The summed E-state index contributed by atoms with van der Waals surface area (Å²) in [5, 5.41) is 20.6. The van der Waals surface area contributed by atoms with Crippen LogP contribution in [-0.4, -0.2) is 32.0 Å². The molecule has 0 radical (unpaired) electrons. The van der Waals surface area contributed by atoms with Gasteiger partial charge in [0.2, 0.25) is 5.91 Å². The van der Waals surface area contributed by atoms with Crippen LogP contribution in [0.25, 0.3) is 0 Å². The van der Waals surface area contributed by atoms with Crippen LogP contribution in [-0.2, 0) is 16.9 Å². The van der Waals surface area contributed by atoms with Crippen molar-refractivity contribution in [1.82, 2.24) is 20.3 Å². The highest BCUT2D eigenvalue weighted by Crippen LogP contribution is 2.24. The molecule has 0 bridgehead atoms. The molecule has 7 nitrogen and oxygen atoms in total. The summed E-state index contributed by atoms with van der Waals surface area (Å²) in [4.78, 5) is 23.7. The van der Waals surface area contributed by atoms with Gasteiger partial charge >= 0.3 is 5.97 Å². The van der Waals surface area contributed by atoms with Crippen LogP contribution in [0.2, 0.25) is 0 Å². The van der Waals surface area contributed by atoms with Crippen LogP contribution < -0.4 is 5.32 Å². The van der Waals surface area contributed by atoms with E-state index in [1.807, 2.05) is 31.4 Å². The minimum atomic E-state index is -1.17. The summed E-state index contributed by atoms with van der Waals surface area (Å²) in [6.45, 7) is 3.73. The Kier molecular flexibility index (Phi) is 3.84. The molecule has 0 aromatic carbocycles. The molecule has 2 N–H and O–H groups in total. The van der Waals surface area contributed by atoms with Crippen LogP contribution in [0, 0.1) is 0 Å².